The van der Waals surface area contributed by atoms with E-state index in [-0.39, 0.29) is 31.6 Å². The molecule has 0 radical (unpaired) electrons. The van der Waals surface area contributed by atoms with Gasteiger partial charge in [0.2, 0.25) is 10.0 Å². The quantitative estimate of drug-likeness (QED) is 0.636. The van der Waals surface area contributed by atoms with Gasteiger partial charge < -0.3 is 5.73 Å². The molecule has 6 heteroatoms. The molecule has 28 heavy (non-hydrogen) atoms. The molecule has 2 aromatic rings. The number of hydrogen-bond acceptors (Lipinski definition) is 3. The fraction of sp³-hybridized carbons (Fsp3) is 0.455. The Bertz CT molecular complexity index is 831. The Morgan fingerprint density at radius 1 is 0.893 bits per heavy atom. The summed E-state index contributed by atoms with van der Waals surface area (Å²) in [6, 6.07) is 13.0. The number of rotatable bonds is 3. The maximum atomic E-state index is 12.2. The average Bonchev–Trinajstić information content (AvgIpc) is 2.62. The fourth-order valence-corrected chi connectivity index (χ4v) is 4.51. The Hall–Kier alpha value is -1.07. The maximum absolute atomic E-state index is 12.2. The number of benzene rings is 2. The van der Waals surface area contributed by atoms with Gasteiger partial charge in [-0.25, -0.2) is 13.1 Å². The molecule has 1 fully saturated rings. The predicted octanol–water partition coefficient (Wildman–Crippen LogP) is 4.15. The van der Waals surface area contributed by atoms with Crippen LogP contribution >= 0.6 is 0 Å². The van der Waals surface area contributed by atoms with E-state index in [1.165, 1.54) is 16.7 Å². The van der Waals surface area contributed by atoms with E-state index in [2.05, 4.69) is 43.7 Å². The van der Waals surface area contributed by atoms with Crippen LogP contribution in [0.15, 0.2) is 47.4 Å². The molecule has 0 saturated heterocycles. The third-order valence-corrected chi connectivity index (χ3v) is 6.84. The summed E-state index contributed by atoms with van der Waals surface area (Å²) >= 11 is 0. The molecule has 1 aliphatic carbocycles. The van der Waals surface area contributed by atoms with Crippen LogP contribution in [0.3, 0.4) is 0 Å². The van der Waals surface area contributed by atoms with E-state index in [4.69, 9.17) is 5.73 Å². The number of nitrogens with two attached hydrogens (primary N) is 1. The van der Waals surface area contributed by atoms with Crippen LogP contribution in [0.1, 0.15) is 47.9 Å². The zero-order valence-electron chi connectivity index (χ0n) is 17.2. The third-order valence-electron chi connectivity index (χ3n) is 5.33. The predicted molar refractivity (Wildman–Crippen MR) is 112 cm³/mol. The van der Waals surface area contributed by atoms with Gasteiger partial charge in [-0.3, -0.25) is 0 Å². The van der Waals surface area contributed by atoms with E-state index in [9.17, 15) is 8.42 Å². The Labute approximate surface area is 183 Å². The minimum Gasteiger partial charge on any atom is -0.326 e. The fourth-order valence-electron chi connectivity index (χ4n) is 3.19. The summed E-state index contributed by atoms with van der Waals surface area (Å²) in [5, 5.41) is 0. The molecule has 0 spiro atoms. The monoisotopic (exact) mass is 490 g/mol. The molecule has 2 aromatic carbocycles. The van der Waals surface area contributed by atoms with E-state index in [1.807, 2.05) is 6.92 Å². The van der Waals surface area contributed by atoms with Crippen LogP contribution < -0.4 is 10.5 Å². The topological polar surface area (TPSA) is 72.2 Å². The van der Waals surface area contributed by atoms with Gasteiger partial charge in [0.1, 0.15) is 0 Å². The molecular formula is C22H32N2O2RuS. The van der Waals surface area contributed by atoms with E-state index in [0.717, 1.165) is 31.2 Å². The molecule has 1 aliphatic rings. The summed E-state index contributed by atoms with van der Waals surface area (Å²) in [5.41, 5.74) is 11.2. The van der Waals surface area contributed by atoms with Crippen molar-refractivity contribution in [2.24, 2.45) is 5.73 Å². The van der Waals surface area contributed by atoms with Crippen molar-refractivity contribution < 1.29 is 27.9 Å². The number of aryl methyl sites for hydroxylation is 3. The Kier molecular flexibility index (Phi) is 9.99. The van der Waals surface area contributed by atoms with Crippen molar-refractivity contribution in [1.29, 1.82) is 0 Å². The van der Waals surface area contributed by atoms with Crippen LogP contribution in [-0.4, -0.2) is 20.5 Å². The third kappa shape index (κ3) is 7.07. The van der Waals surface area contributed by atoms with Crippen LogP contribution in [-0.2, 0) is 29.5 Å². The van der Waals surface area contributed by atoms with Gasteiger partial charge in [0.05, 0.1) is 4.90 Å². The van der Waals surface area contributed by atoms with E-state index >= 15 is 0 Å². The first-order valence-corrected chi connectivity index (χ1v) is 11.1. The summed E-state index contributed by atoms with van der Waals surface area (Å²) < 4.78 is 27.1. The first-order valence-electron chi connectivity index (χ1n) is 9.58. The summed E-state index contributed by atoms with van der Waals surface area (Å²) in [7, 11) is -3.44. The van der Waals surface area contributed by atoms with Gasteiger partial charge in [-0.05, 0) is 69.4 Å². The number of hydrogen-bond donors (Lipinski definition) is 2. The number of nitrogens with one attached hydrogen (secondary N) is 1. The van der Waals surface area contributed by atoms with Gasteiger partial charge >= 0.3 is 0 Å². The van der Waals surface area contributed by atoms with Gasteiger partial charge in [-0.15, -0.1) is 0 Å². The molecule has 1 saturated carbocycles. The van der Waals surface area contributed by atoms with Gasteiger partial charge in [0, 0.05) is 31.6 Å². The van der Waals surface area contributed by atoms with Crippen LogP contribution in [0.25, 0.3) is 0 Å². The van der Waals surface area contributed by atoms with Crippen molar-refractivity contribution >= 4 is 10.0 Å². The Morgan fingerprint density at radius 2 is 1.43 bits per heavy atom. The number of sulfonamides is 1. The van der Waals surface area contributed by atoms with E-state index in [1.54, 1.807) is 24.3 Å². The Morgan fingerprint density at radius 3 is 1.93 bits per heavy atom. The second-order valence-electron chi connectivity index (χ2n) is 7.51. The normalized spacial score (nSPS) is 19.2. The van der Waals surface area contributed by atoms with Crippen molar-refractivity contribution in [3.63, 3.8) is 0 Å². The summed E-state index contributed by atoms with van der Waals surface area (Å²) in [6.07, 6.45) is 3.84. The zero-order valence-corrected chi connectivity index (χ0v) is 19.7. The summed E-state index contributed by atoms with van der Waals surface area (Å²) in [6.45, 7) is 8.37. The second kappa shape index (κ2) is 11.2. The second-order valence-corrected chi connectivity index (χ2v) is 9.22. The van der Waals surface area contributed by atoms with E-state index < -0.39 is 10.0 Å². The van der Waals surface area contributed by atoms with Crippen LogP contribution in [0, 0.1) is 27.7 Å². The van der Waals surface area contributed by atoms with Crippen molar-refractivity contribution in [2.75, 3.05) is 0 Å². The first-order chi connectivity index (χ1) is 12.7. The van der Waals surface area contributed by atoms with Gasteiger partial charge in [0.25, 0.3) is 0 Å². The van der Waals surface area contributed by atoms with Crippen molar-refractivity contribution in [3.8, 4) is 0 Å². The van der Waals surface area contributed by atoms with Gasteiger partial charge in [0.15, 0.2) is 0 Å². The summed E-state index contributed by atoms with van der Waals surface area (Å²) in [5.74, 6) is 0. The molecule has 4 nitrogen and oxygen atoms in total. The minimum absolute atomic E-state index is 0. The SMILES string of the molecule is Cc1ccc(S(=O)(=O)N[C@H]2CCCC[C@@H]2N)cc1.Cc1cccc(C)c1C.[Ru]. The molecule has 0 bridgehead atoms. The Balaban J connectivity index is 0.000000332. The molecule has 0 heterocycles. The van der Waals surface area contributed by atoms with Crippen molar-refractivity contribution in [3.05, 3.63) is 64.7 Å². The molecular weight excluding hydrogens is 457 g/mol. The van der Waals surface area contributed by atoms with Crippen LogP contribution in [0.2, 0.25) is 0 Å². The molecule has 3 rings (SSSR count). The van der Waals surface area contributed by atoms with Gasteiger partial charge in [-0.1, -0.05) is 48.7 Å². The maximum Gasteiger partial charge on any atom is 0.240 e. The van der Waals surface area contributed by atoms with Crippen LogP contribution in [0.5, 0.6) is 0 Å². The minimum atomic E-state index is -3.44. The molecule has 0 unspecified atom stereocenters. The van der Waals surface area contributed by atoms with Crippen molar-refractivity contribution in [1.82, 2.24) is 4.72 Å². The largest absolute Gasteiger partial charge is 0.326 e. The average molecular weight is 490 g/mol. The standard InChI is InChI=1S/C13H20N2O2S.C9H12.Ru/c1-10-6-8-11(9-7-10)18(16,17)15-13-5-3-2-4-12(13)14;1-7-5-4-6-8(2)9(7)3;/h6-9,12-13,15H,2-5,14H2,1H3;4-6H,1-3H3;/t12-,13-;;/m0../s1. The smallest absolute Gasteiger partial charge is 0.240 e. The molecule has 0 aromatic heterocycles. The molecule has 3 N–H and O–H groups in total. The zero-order chi connectivity index (χ0) is 20.0. The molecule has 0 aliphatic heterocycles. The molecule has 156 valence electrons. The van der Waals surface area contributed by atoms with Crippen LogP contribution in [0.4, 0.5) is 0 Å². The molecule has 2 atom stereocenters. The summed E-state index contributed by atoms with van der Waals surface area (Å²) in [4.78, 5) is 0.311. The van der Waals surface area contributed by atoms with Crippen molar-refractivity contribution in [2.45, 2.75) is 70.4 Å². The first kappa shape index (κ1) is 25.0. The van der Waals surface area contributed by atoms with E-state index in [0.29, 0.717) is 4.90 Å². The molecule has 0 amide bonds. The van der Waals surface area contributed by atoms with Gasteiger partial charge in [-0.2, -0.15) is 0 Å².